The smallest absolute Gasteiger partial charge is 0.377 e. The van der Waals surface area contributed by atoms with Crippen LogP contribution >= 0.6 is 27.5 Å². The molecule has 0 bridgehead atoms. The Labute approximate surface area is 197 Å². The Morgan fingerprint density at radius 3 is 2.03 bits per heavy atom. The number of benzene rings is 2. The molecule has 0 amide bonds. The third-order valence-electron chi connectivity index (χ3n) is 4.54. The second-order valence-corrected chi connectivity index (χ2v) is 8.40. The molecule has 0 unspecified atom stereocenters. The first-order valence-corrected chi connectivity index (χ1v) is 10.6. The Hall–Kier alpha value is -2.84. The molecule has 1 aromatic heterocycles. The highest BCUT2D eigenvalue weighted by Crippen LogP contribution is 2.31. The normalized spacial score (nSPS) is 12.2. The van der Waals surface area contributed by atoms with Crippen molar-refractivity contribution in [1.29, 1.82) is 0 Å². The van der Waals surface area contributed by atoms with Crippen molar-refractivity contribution in [2.75, 3.05) is 24.3 Å². The quantitative estimate of drug-likeness (QED) is 0.237. The number of anilines is 2. The topological polar surface area (TPSA) is 36.2 Å². The van der Waals surface area contributed by atoms with E-state index in [-0.39, 0.29) is 11.3 Å². The molecule has 1 N–H and O–H groups in total. The van der Waals surface area contributed by atoms with Crippen LogP contribution in [0.2, 0.25) is 5.02 Å². The van der Waals surface area contributed by atoms with E-state index in [2.05, 4.69) is 21.2 Å². The molecule has 9 heteroatoms. The van der Waals surface area contributed by atoms with Gasteiger partial charge in [-0.15, -0.1) is 0 Å². The summed E-state index contributed by atoms with van der Waals surface area (Å²) in [7, 11) is 3.62. The molecule has 1 heterocycles. The van der Waals surface area contributed by atoms with Crippen molar-refractivity contribution in [3.05, 3.63) is 93.8 Å². The summed E-state index contributed by atoms with van der Waals surface area (Å²) < 4.78 is 44.6. The Kier molecular flexibility index (Phi) is 7.26. The SMILES string of the molecule is CN(C)c1cc[n+](C(C(=O)c2ccc(Br)cc2)=C(Nc2ccc(Cl)cc2)C(F)(F)F)cc1. The van der Waals surface area contributed by atoms with Crippen LogP contribution in [0.1, 0.15) is 10.4 Å². The summed E-state index contributed by atoms with van der Waals surface area (Å²) in [5.74, 6) is -0.783. The summed E-state index contributed by atoms with van der Waals surface area (Å²) in [4.78, 5) is 15.1. The van der Waals surface area contributed by atoms with Gasteiger partial charge in [0.05, 0.1) is 0 Å². The number of nitrogens with zero attached hydrogens (tertiary/aromatic N) is 2. The minimum absolute atomic E-state index is 0.118. The predicted octanol–water partition coefficient (Wildman–Crippen LogP) is 6.18. The molecule has 0 fully saturated rings. The van der Waals surface area contributed by atoms with Crippen LogP contribution in [-0.4, -0.2) is 26.1 Å². The van der Waals surface area contributed by atoms with E-state index in [1.807, 2.05) is 14.1 Å². The van der Waals surface area contributed by atoms with Crippen molar-refractivity contribution in [2.24, 2.45) is 0 Å². The minimum Gasteiger partial charge on any atom is -0.377 e. The zero-order valence-electron chi connectivity index (χ0n) is 17.1. The molecule has 0 aliphatic carbocycles. The maximum absolute atomic E-state index is 14.2. The van der Waals surface area contributed by atoms with E-state index in [9.17, 15) is 18.0 Å². The monoisotopic (exact) mass is 524 g/mol. The molecule has 0 aliphatic rings. The lowest BCUT2D eigenvalue weighted by Crippen LogP contribution is -2.41. The van der Waals surface area contributed by atoms with Crippen molar-refractivity contribution in [3.8, 4) is 0 Å². The van der Waals surface area contributed by atoms with Crippen LogP contribution in [0, 0.1) is 0 Å². The first kappa shape index (κ1) is 23.8. The average Bonchev–Trinajstić information content (AvgIpc) is 2.74. The maximum Gasteiger partial charge on any atom is 0.438 e. The average molecular weight is 526 g/mol. The largest absolute Gasteiger partial charge is 0.438 e. The molecule has 3 aromatic rings. The van der Waals surface area contributed by atoms with Crippen LogP contribution in [0.5, 0.6) is 0 Å². The van der Waals surface area contributed by atoms with Crippen LogP contribution in [0.15, 0.2) is 83.2 Å². The molecule has 166 valence electrons. The zero-order chi connectivity index (χ0) is 23.5. The van der Waals surface area contributed by atoms with Gasteiger partial charge in [-0.05, 0) is 48.5 Å². The van der Waals surface area contributed by atoms with Gasteiger partial charge in [-0.3, -0.25) is 4.79 Å². The Morgan fingerprint density at radius 1 is 0.969 bits per heavy atom. The number of allylic oxidation sites excluding steroid dienone is 2. The number of aromatic nitrogens is 1. The number of nitrogens with one attached hydrogen (secondary N) is 1. The van der Waals surface area contributed by atoms with Gasteiger partial charge in [-0.25, -0.2) is 0 Å². The van der Waals surface area contributed by atoms with Gasteiger partial charge in [0.1, 0.15) is 0 Å². The predicted molar refractivity (Wildman–Crippen MR) is 124 cm³/mol. The van der Waals surface area contributed by atoms with Crippen LogP contribution in [0.25, 0.3) is 5.70 Å². The lowest BCUT2D eigenvalue weighted by atomic mass is 10.1. The number of pyridine rings is 1. The molecule has 0 saturated heterocycles. The Bertz CT molecular complexity index is 1130. The van der Waals surface area contributed by atoms with Crippen LogP contribution in [0.3, 0.4) is 0 Å². The molecule has 32 heavy (non-hydrogen) atoms. The first-order chi connectivity index (χ1) is 15.1. The van der Waals surface area contributed by atoms with E-state index in [1.165, 1.54) is 53.4 Å². The van der Waals surface area contributed by atoms with E-state index < -0.39 is 23.4 Å². The third kappa shape index (κ3) is 5.69. The molecule has 0 saturated carbocycles. The summed E-state index contributed by atoms with van der Waals surface area (Å²) in [6.45, 7) is 0. The molecule has 0 radical (unpaired) electrons. The lowest BCUT2D eigenvalue weighted by Gasteiger charge is -2.16. The van der Waals surface area contributed by atoms with Crippen LogP contribution in [-0.2, 0) is 0 Å². The number of ketones is 1. The second kappa shape index (κ2) is 9.75. The number of rotatable bonds is 6. The molecule has 0 spiro atoms. The van der Waals surface area contributed by atoms with Gasteiger partial charge in [0, 0.05) is 52.7 Å². The van der Waals surface area contributed by atoms with Gasteiger partial charge in [-0.1, -0.05) is 27.5 Å². The molecule has 3 rings (SSSR count). The molecular weight excluding hydrogens is 507 g/mol. The van der Waals surface area contributed by atoms with E-state index in [0.29, 0.717) is 9.50 Å². The van der Waals surface area contributed by atoms with Crippen molar-refractivity contribution >= 4 is 50.4 Å². The van der Waals surface area contributed by atoms with Crippen LogP contribution < -0.4 is 14.8 Å². The number of hydrogen-bond acceptors (Lipinski definition) is 3. The molecule has 4 nitrogen and oxygen atoms in total. The summed E-state index contributed by atoms with van der Waals surface area (Å²) in [5.41, 5.74) is -0.702. The second-order valence-electron chi connectivity index (χ2n) is 7.05. The molecule has 0 atom stereocenters. The van der Waals surface area contributed by atoms with Gasteiger partial charge in [0.15, 0.2) is 18.1 Å². The van der Waals surface area contributed by atoms with Gasteiger partial charge in [-0.2, -0.15) is 17.7 Å². The Balaban J connectivity index is 2.22. The maximum atomic E-state index is 14.2. The minimum atomic E-state index is -4.84. The summed E-state index contributed by atoms with van der Waals surface area (Å²) in [6.07, 6.45) is -1.99. The van der Waals surface area contributed by atoms with Crippen molar-refractivity contribution in [1.82, 2.24) is 0 Å². The molecule has 0 aliphatic heterocycles. The summed E-state index contributed by atoms with van der Waals surface area (Å²) >= 11 is 9.12. The number of carbonyl (C=O) groups is 1. The van der Waals surface area contributed by atoms with Gasteiger partial charge in [0.25, 0.3) is 11.5 Å². The highest BCUT2D eigenvalue weighted by atomic mass is 79.9. The molecular formula is C23H19BrClF3N3O+. The van der Waals surface area contributed by atoms with E-state index >= 15 is 0 Å². The van der Waals surface area contributed by atoms with Gasteiger partial charge < -0.3 is 10.2 Å². The fourth-order valence-corrected chi connectivity index (χ4v) is 3.30. The fraction of sp³-hybridized carbons (Fsp3) is 0.130. The Morgan fingerprint density at radius 2 is 1.53 bits per heavy atom. The standard InChI is InChI=1S/C23H18BrClF3N3O/c1-30(2)19-11-13-31(14-12-19)20(21(32)15-3-5-16(24)6-4-15)22(23(26,27)28)29-18-9-7-17(25)8-10-18/h3-14H,1-2H3/p+1. The van der Waals surface area contributed by atoms with Gasteiger partial charge in [0.2, 0.25) is 0 Å². The number of carbonyl (C=O) groups excluding carboxylic acids is 1. The van der Waals surface area contributed by atoms with Crippen molar-refractivity contribution < 1.29 is 22.5 Å². The van der Waals surface area contributed by atoms with Gasteiger partial charge >= 0.3 is 6.18 Å². The van der Waals surface area contributed by atoms with E-state index in [4.69, 9.17) is 11.6 Å². The van der Waals surface area contributed by atoms with Crippen LogP contribution in [0.4, 0.5) is 24.5 Å². The lowest BCUT2D eigenvalue weighted by molar-refractivity contribution is -0.577. The number of hydrogen-bond donors (Lipinski definition) is 1. The van der Waals surface area contributed by atoms with Crippen molar-refractivity contribution in [3.63, 3.8) is 0 Å². The number of Topliss-reactive ketones (excluding diaryl/α,β-unsaturated/α-hetero) is 1. The van der Waals surface area contributed by atoms with E-state index in [1.54, 1.807) is 29.2 Å². The summed E-state index contributed by atoms with van der Waals surface area (Å²) in [6, 6.07) is 15.2. The highest BCUT2D eigenvalue weighted by molar-refractivity contribution is 9.10. The zero-order valence-corrected chi connectivity index (χ0v) is 19.5. The summed E-state index contributed by atoms with van der Waals surface area (Å²) in [5, 5.41) is 2.76. The van der Waals surface area contributed by atoms with E-state index in [0.717, 1.165) is 5.69 Å². The third-order valence-corrected chi connectivity index (χ3v) is 5.32. The first-order valence-electron chi connectivity index (χ1n) is 9.39. The fourth-order valence-electron chi connectivity index (χ4n) is 2.91. The molecule has 2 aromatic carbocycles. The number of alkyl halides is 3. The highest BCUT2D eigenvalue weighted by Gasteiger charge is 2.43. The number of halogens is 5. The van der Waals surface area contributed by atoms with Crippen molar-refractivity contribution in [2.45, 2.75) is 6.18 Å².